The molecular formula is C13H12BrN3O4. The Morgan fingerprint density at radius 2 is 2.19 bits per heavy atom. The van der Waals surface area contributed by atoms with Crippen LogP contribution >= 0.6 is 15.9 Å². The van der Waals surface area contributed by atoms with Crippen LogP contribution in [0.5, 0.6) is 0 Å². The summed E-state index contributed by atoms with van der Waals surface area (Å²) < 4.78 is 5.66. The third-order valence-corrected chi connectivity index (χ3v) is 3.08. The molecule has 0 fully saturated rings. The van der Waals surface area contributed by atoms with E-state index >= 15 is 0 Å². The molecule has 0 bridgehead atoms. The first-order chi connectivity index (χ1) is 10.0. The van der Waals surface area contributed by atoms with Gasteiger partial charge in [0, 0.05) is 23.0 Å². The molecule has 0 atom stereocenters. The molecule has 0 saturated heterocycles. The number of nitrogens with one attached hydrogen (secondary N) is 2. The number of hydrogen-bond donors (Lipinski definition) is 2. The number of carbonyl (C=O) groups is 3. The lowest BCUT2D eigenvalue weighted by atomic mass is 10.2. The van der Waals surface area contributed by atoms with Crippen LogP contribution in [0.15, 0.2) is 33.8 Å². The average Bonchev–Trinajstić information content (AvgIpc) is 2.45. The third kappa shape index (κ3) is 4.67. The maximum Gasteiger partial charge on any atom is 0.355 e. The molecule has 0 spiro atoms. The number of benzene rings is 1. The van der Waals surface area contributed by atoms with Crippen molar-refractivity contribution in [2.24, 2.45) is 5.10 Å². The highest BCUT2D eigenvalue weighted by Gasteiger charge is 2.20. The van der Waals surface area contributed by atoms with Gasteiger partial charge in [0.15, 0.2) is 6.61 Å². The standard InChI is InChI=1S/C13H12BrN3O4/c14-8-2-1-3-9(6-8)15-12(19)7-21-13(20)10-4-5-11(18)17-16-10/h1-3,6H,4-5,7H2,(H,15,19)(H,17,18). The minimum absolute atomic E-state index is 0.102. The predicted octanol–water partition coefficient (Wildman–Crippen LogP) is 1.20. The van der Waals surface area contributed by atoms with Crippen LogP contribution in [-0.2, 0) is 19.1 Å². The molecule has 7 nitrogen and oxygen atoms in total. The highest BCUT2D eigenvalue weighted by atomic mass is 79.9. The fourth-order valence-electron chi connectivity index (χ4n) is 1.60. The molecule has 0 unspecified atom stereocenters. The zero-order valence-corrected chi connectivity index (χ0v) is 12.5. The van der Waals surface area contributed by atoms with Crippen molar-refractivity contribution in [3.63, 3.8) is 0 Å². The van der Waals surface area contributed by atoms with Crippen LogP contribution in [0.3, 0.4) is 0 Å². The van der Waals surface area contributed by atoms with E-state index in [1.165, 1.54) is 0 Å². The molecule has 110 valence electrons. The van der Waals surface area contributed by atoms with E-state index in [0.29, 0.717) is 5.69 Å². The molecule has 1 heterocycles. The van der Waals surface area contributed by atoms with E-state index in [2.05, 4.69) is 31.8 Å². The van der Waals surface area contributed by atoms with E-state index in [9.17, 15) is 14.4 Å². The Kier molecular flexibility index (Phi) is 5.04. The summed E-state index contributed by atoms with van der Waals surface area (Å²) in [5.41, 5.74) is 2.88. The highest BCUT2D eigenvalue weighted by Crippen LogP contribution is 2.15. The number of hydrazone groups is 1. The number of amides is 2. The lowest BCUT2D eigenvalue weighted by Crippen LogP contribution is -2.32. The van der Waals surface area contributed by atoms with Gasteiger partial charge >= 0.3 is 5.97 Å². The summed E-state index contributed by atoms with van der Waals surface area (Å²) in [7, 11) is 0. The Balaban J connectivity index is 1.81. The molecule has 2 N–H and O–H groups in total. The van der Waals surface area contributed by atoms with Gasteiger partial charge in [-0.05, 0) is 18.2 Å². The largest absolute Gasteiger partial charge is 0.451 e. The Morgan fingerprint density at radius 1 is 1.38 bits per heavy atom. The summed E-state index contributed by atoms with van der Waals surface area (Å²) in [4.78, 5) is 34.2. The van der Waals surface area contributed by atoms with Gasteiger partial charge in [0.05, 0.1) is 0 Å². The molecule has 0 aliphatic carbocycles. The third-order valence-electron chi connectivity index (χ3n) is 2.58. The minimum atomic E-state index is -0.709. The summed E-state index contributed by atoms with van der Waals surface area (Å²) in [6.07, 6.45) is 0.385. The van der Waals surface area contributed by atoms with Gasteiger partial charge in [-0.25, -0.2) is 10.2 Å². The molecule has 1 aliphatic heterocycles. The number of rotatable bonds is 4. The second kappa shape index (κ2) is 6.98. The summed E-state index contributed by atoms with van der Waals surface area (Å²) in [5.74, 6) is -1.42. The van der Waals surface area contributed by atoms with Gasteiger partial charge in [-0.1, -0.05) is 22.0 Å². The zero-order valence-electron chi connectivity index (χ0n) is 10.9. The van der Waals surface area contributed by atoms with Crippen LogP contribution in [0.2, 0.25) is 0 Å². The van der Waals surface area contributed by atoms with Gasteiger partial charge in [0.1, 0.15) is 5.71 Å². The second-order valence-corrected chi connectivity index (χ2v) is 5.14. The predicted molar refractivity (Wildman–Crippen MR) is 78.5 cm³/mol. The number of halogens is 1. The number of ether oxygens (including phenoxy) is 1. The Morgan fingerprint density at radius 3 is 2.86 bits per heavy atom. The monoisotopic (exact) mass is 353 g/mol. The SMILES string of the molecule is O=C1CCC(C(=O)OCC(=O)Nc2cccc(Br)c2)=NN1. The van der Waals surface area contributed by atoms with E-state index in [-0.39, 0.29) is 24.5 Å². The molecule has 2 amide bonds. The van der Waals surface area contributed by atoms with E-state index in [4.69, 9.17) is 4.74 Å². The van der Waals surface area contributed by atoms with E-state index in [0.717, 1.165) is 4.47 Å². The van der Waals surface area contributed by atoms with Crippen molar-refractivity contribution in [1.82, 2.24) is 5.43 Å². The Bertz CT molecular complexity index is 615. The van der Waals surface area contributed by atoms with Gasteiger partial charge in [0.2, 0.25) is 5.91 Å². The van der Waals surface area contributed by atoms with Crippen LogP contribution in [-0.4, -0.2) is 30.1 Å². The zero-order chi connectivity index (χ0) is 15.2. The van der Waals surface area contributed by atoms with Crippen LogP contribution in [0.4, 0.5) is 5.69 Å². The fraction of sp³-hybridized carbons (Fsp3) is 0.231. The molecule has 8 heteroatoms. The molecule has 21 heavy (non-hydrogen) atoms. The number of anilines is 1. The van der Waals surface area contributed by atoms with Crippen LogP contribution < -0.4 is 10.7 Å². The molecule has 0 radical (unpaired) electrons. The van der Waals surface area contributed by atoms with E-state index in [1.54, 1.807) is 18.2 Å². The molecule has 0 saturated carbocycles. The van der Waals surface area contributed by atoms with Gasteiger partial charge in [-0.15, -0.1) is 0 Å². The quantitative estimate of drug-likeness (QED) is 0.794. The van der Waals surface area contributed by atoms with Crippen molar-refractivity contribution in [2.75, 3.05) is 11.9 Å². The Hall–Kier alpha value is -2.22. The van der Waals surface area contributed by atoms with Gasteiger partial charge in [-0.2, -0.15) is 5.10 Å². The maximum absolute atomic E-state index is 11.6. The lowest BCUT2D eigenvalue weighted by Gasteiger charge is -2.11. The first kappa shape index (κ1) is 15.2. The summed E-state index contributed by atoms with van der Waals surface area (Å²) >= 11 is 3.28. The summed E-state index contributed by atoms with van der Waals surface area (Å²) in [6, 6.07) is 7.03. The topological polar surface area (TPSA) is 96.9 Å². The minimum Gasteiger partial charge on any atom is -0.451 e. The van der Waals surface area contributed by atoms with E-state index < -0.39 is 18.5 Å². The number of hydrogen-bond acceptors (Lipinski definition) is 5. The number of esters is 1. The molecule has 2 rings (SSSR count). The molecular weight excluding hydrogens is 342 g/mol. The van der Waals surface area contributed by atoms with Gasteiger partial charge < -0.3 is 10.1 Å². The van der Waals surface area contributed by atoms with Crippen molar-refractivity contribution in [2.45, 2.75) is 12.8 Å². The molecule has 1 aromatic carbocycles. The average molecular weight is 354 g/mol. The first-order valence-corrected chi connectivity index (χ1v) is 6.92. The van der Waals surface area contributed by atoms with E-state index in [1.807, 2.05) is 6.07 Å². The summed E-state index contributed by atoms with van der Waals surface area (Å²) in [5, 5.41) is 6.18. The molecule has 1 aliphatic rings. The highest BCUT2D eigenvalue weighted by molar-refractivity contribution is 9.10. The van der Waals surface area contributed by atoms with Gasteiger partial charge in [-0.3, -0.25) is 9.59 Å². The molecule has 0 aromatic heterocycles. The van der Waals surface area contributed by atoms with Crippen molar-refractivity contribution >= 4 is 45.1 Å². The van der Waals surface area contributed by atoms with Crippen molar-refractivity contribution < 1.29 is 19.1 Å². The summed E-state index contributed by atoms with van der Waals surface area (Å²) in [6.45, 7) is -0.418. The van der Waals surface area contributed by atoms with Crippen LogP contribution in [0.25, 0.3) is 0 Å². The lowest BCUT2D eigenvalue weighted by molar-refractivity contribution is -0.140. The first-order valence-electron chi connectivity index (χ1n) is 6.12. The van der Waals surface area contributed by atoms with Crippen LogP contribution in [0, 0.1) is 0 Å². The molecule has 1 aromatic rings. The van der Waals surface area contributed by atoms with Crippen molar-refractivity contribution in [3.8, 4) is 0 Å². The normalized spacial score (nSPS) is 14.0. The fourth-order valence-corrected chi connectivity index (χ4v) is 2.00. The van der Waals surface area contributed by atoms with Crippen LogP contribution in [0.1, 0.15) is 12.8 Å². The number of carbonyl (C=O) groups excluding carboxylic acids is 3. The maximum atomic E-state index is 11.6. The van der Waals surface area contributed by atoms with Crippen molar-refractivity contribution in [1.29, 1.82) is 0 Å². The smallest absolute Gasteiger partial charge is 0.355 e. The van der Waals surface area contributed by atoms with Crippen molar-refractivity contribution in [3.05, 3.63) is 28.7 Å². The Labute approximate surface area is 128 Å². The van der Waals surface area contributed by atoms with Gasteiger partial charge in [0.25, 0.3) is 5.91 Å². The number of nitrogens with zero attached hydrogens (tertiary/aromatic N) is 1. The second-order valence-electron chi connectivity index (χ2n) is 4.23.